The van der Waals surface area contributed by atoms with Crippen LogP contribution in [-0.2, 0) is 22.1 Å². The second-order valence-corrected chi connectivity index (χ2v) is 25.5. The molecule has 2 unspecified atom stereocenters. The van der Waals surface area contributed by atoms with E-state index in [1.165, 1.54) is 44.5 Å². The summed E-state index contributed by atoms with van der Waals surface area (Å²) in [6.07, 6.45) is 0. The van der Waals surface area contributed by atoms with Crippen molar-refractivity contribution in [1.82, 2.24) is 0 Å². The second kappa shape index (κ2) is 13.9. The first-order chi connectivity index (χ1) is 19.1. The second-order valence-electron chi connectivity index (χ2n) is 10.1. The minimum absolute atomic E-state index is 0. The average Bonchev–Trinajstić information content (AvgIpc) is 3.38. The number of hydrogen-bond acceptors (Lipinski definition) is 0. The maximum absolute atomic E-state index is 2.45. The van der Waals surface area contributed by atoms with Crippen molar-refractivity contribution in [3.05, 3.63) is 143 Å². The first-order valence-electron chi connectivity index (χ1n) is 13.5. The van der Waals surface area contributed by atoms with E-state index >= 15 is 0 Å². The van der Waals surface area contributed by atoms with E-state index in [4.69, 9.17) is 0 Å². The van der Waals surface area contributed by atoms with E-state index in [1.54, 1.807) is 21.2 Å². The standard InChI is InChI=1S/2C18H16P.2ClH.Zr/c2*1-13-17(15-9-5-3-6-10-15)14(2)19-18(13)16-11-7-4-8-12-16;;;/h2*3-12H,1-2H3;2*1H;/q2*-1;;;+4/p-2. The molecular weight excluding hydrogens is 656 g/mol. The summed E-state index contributed by atoms with van der Waals surface area (Å²) in [6, 6.07) is 44.7. The smallest absolute Gasteiger partial charge is 1.00 e. The molecule has 2 atom stereocenters. The van der Waals surface area contributed by atoms with Crippen molar-refractivity contribution in [1.29, 1.82) is 0 Å². The number of hydrogen-bond donors (Lipinski definition) is 0. The molecule has 0 radical (unpaired) electrons. The van der Waals surface area contributed by atoms with Crippen molar-refractivity contribution in [2.24, 2.45) is 0 Å². The van der Waals surface area contributed by atoms with Crippen molar-refractivity contribution in [3.8, 4) is 44.0 Å². The third kappa shape index (κ3) is 6.04. The van der Waals surface area contributed by atoms with Crippen molar-refractivity contribution < 1.29 is 46.9 Å². The van der Waals surface area contributed by atoms with Crippen molar-refractivity contribution in [2.75, 3.05) is 0 Å². The van der Waals surface area contributed by atoms with Crippen LogP contribution in [0.5, 0.6) is 0 Å². The quantitative estimate of drug-likeness (QED) is 0.205. The molecule has 4 aromatic carbocycles. The third-order valence-corrected chi connectivity index (χ3v) is 30.3. The van der Waals surface area contributed by atoms with Crippen LogP contribution in [0.25, 0.3) is 44.0 Å². The van der Waals surface area contributed by atoms with Gasteiger partial charge in [0.1, 0.15) is 0 Å². The van der Waals surface area contributed by atoms with Gasteiger partial charge in [0, 0.05) is 0 Å². The van der Waals surface area contributed by atoms with E-state index in [0.29, 0.717) is 0 Å². The van der Waals surface area contributed by atoms with Crippen LogP contribution in [0.15, 0.2) is 121 Å². The van der Waals surface area contributed by atoms with E-state index in [0.717, 1.165) is 0 Å². The maximum Gasteiger partial charge on any atom is -1.00 e. The summed E-state index contributed by atoms with van der Waals surface area (Å²) < 4.78 is 0. The Hall–Kier alpha value is -2.10. The Balaban J connectivity index is 0.00000194. The fourth-order valence-electron chi connectivity index (χ4n) is 5.97. The van der Waals surface area contributed by atoms with E-state index in [-0.39, 0.29) is 34.5 Å². The summed E-state index contributed by atoms with van der Waals surface area (Å²) >= 11 is -0.943. The van der Waals surface area contributed by atoms with Crippen LogP contribution in [0.1, 0.15) is 21.7 Å². The number of halogens is 2. The molecule has 41 heavy (non-hydrogen) atoms. The minimum atomic E-state index is -0.943. The summed E-state index contributed by atoms with van der Waals surface area (Å²) in [5, 5.41) is 6.57. The zero-order chi connectivity index (χ0) is 26.9. The van der Waals surface area contributed by atoms with Crippen molar-refractivity contribution in [2.45, 2.75) is 27.7 Å². The van der Waals surface area contributed by atoms with Gasteiger partial charge in [-0.3, -0.25) is 0 Å². The average molecular weight is 689 g/mol. The molecule has 0 spiro atoms. The van der Waals surface area contributed by atoms with Crippen LogP contribution in [-0.4, -0.2) is 0 Å². The first kappa shape index (κ1) is 31.8. The largest absolute Gasteiger partial charge is 1.00 e. The molecule has 2 heterocycles. The van der Waals surface area contributed by atoms with Gasteiger partial charge in [0.15, 0.2) is 0 Å². The van der Waals surface area contributed by atoms with Gasteiger partial charge in [-0.1, -0.05) is 0 Å². The van der Waals surface area contributed by atoms with Crippen LogP contribution in [0.4, 0.5) is 0 Å². The minimum Gasteiger partial charge on any atom is -1.00 e. The number of benzene rings is 4. The molecule has 0 saturated carbocycles. The summed E-state index contributed by atoms with van der Waals surface area (Å²) in [6.45, 7) is 9.68. The van der Waals surface area contributed by atoms with Gasteiger partial charge in [-0.25, -0.2) is 0 Å². The van der Waals surface area contributed by atoms with E-state index in [2.05, 4.69) is 149 Å². The maximum atomic E-state index is 2.45. The van der Waals surface area contributed by atoms with Crippen LogP contribution in [0, 0.1) is 27.7 Å². The molecule has 204 valence electrons. The first-order valence-corrected chi connectivity index (χ1v) is 22.8. The van der Waals surface area contributed by atoms with Gasteiger partial charge in [0.2, 0.25) is 0 Å². The fourth-order valence-corrected chi connectivity index (χ4v) is 33.7. The Morgan fingerprint density at radius 3 is 0.951 bits per heavy atom. The van der Waals surface area contributed by atoms with Gasteiger partial charge < -0.3 is 24.8 Å². The topological polar surface area (TPSA) is 0 Å². The van der Waals surface area contributed by atoms with Crippen LogP contribution in [0.3, 0.4) is 0 Å². The Bertz CT molecular complexity index is 1610. The summed E-state index contributed by atoms with van der Waals surface area (Å²) in [7, 11) is 0. The molecule has 5 heteroatoms. The van der Waals surface area contributed by atoms with Gasteiger partial charge in [0.05, 0.1) is 0 Å². The van der Waals surface area contributed by atoms with Crippen LogP contribution < -0.4 is 24.8 Å². The third-order valence-electron chi connectivity index (χ3n) is 7.72. The SMILES string of the molecule is Cc1c(-c2ccccc2)c(C)[p]([Zr+2][p]2c(C)c(-c3ccccc3)c(C)c2-c2ccccc2)c1-c1ccccc1.[Cl-].[Cl-]. The van der Waals surface area contributed by atoms with E-state index in [1.807, 2.05) is 0 Å². The number of rotatable bonds is 6. The molecular formula is C36H32Cl2P2Zr. The Morgan fingerprint density at radius 2 is 0.659 bits per heavy atom. The van der Waals surface area contributed by atoms with Gasteiger partial charge >= 0.3 is 246 Å². The molecule has 0 aliphatic heterocycles. The van der Waals surface area contributed by atoms with Crippen molar-refractivity contribution >= 4 is 9.65 Å². The Kier molecular flexibility index (Phi) is 10.8. The summed E-state index contributed by atoms with van der Waals surface area (Å²) in [5.41, 5.74) is 11.6. The Morgan fingerprint density at radius 1 is 0.390 bits per heavy atom. The molecule has 0 fully saturated rings. The molecule has 0 saturated heterocycles. The van der Waals surface area contributed by atoms with E-state index < -0.39 is 22.1 Å². The van der Waals surface area contributed by atoms with Gasteiger partial charge in [0.25, 0.3) is 0 Å². The molecule has 0 amide bonds. The van der Waals surface area contributed by atoms with Crippen LogP contribution in [0.2, 0.25) is 0 Å². The fraction of sp³-hybridized carbons (Fsp3) is 0.111. The van der Waals surface area contributed by atoms with Gasteiger partial charge in [-0.2, -0.15) is 0 Å². The molecule has 6 rings (SSSR count). The molecule has 0 aliphatic rings. The summed E-state index contributed by atoms with van der Waals surface area (Å²) in [5.74, 6) is 0. The predicted molar refractivity (Wildman–Crippen MR) is 170 cm³/mol. The molecule has 0 bridgehead atoms. The monoisotopic (exact) mass is 686 g/mol. The Labute approximate surface area is 269 Å². The summed E-state index contributed by atoms with van der Waals surface area (Å²) in [4.78, 5) is -0.640. The van der Waals surface area contributed by atoms with Gasteiger partial charge in [-0.05, 0) is 0 Å². The molecule has 6 aromatic rings. The van der Waals surface area contributed by atoms with E-state index in [9.17, 15) is 0 Å². The molecule has 0 nitrogen and oxygen atoms in total. The van der Waals surface area contributed by atoms with Gasteiger partial charge in [-0.15, -0.1) is 0 Å². The molecule has 0 aliphatic carbocycles. The predicted octanol–water partition coefficient (Wildman–Crippen LogP) is 5.88. The normalized spacial score (nSPS) is 11.3. The molecule has 0 N–H and O–H groups in total. The molecule has 2 aromatic heterocycles. The van der Waals surface area contributed by atoms with Crippen molar-refractivity contribution in [3.63, 3.8) is 0 Å². The zero-order valence-corrected chi connectivity index (χ0v) is 29.5. The zero-order valence-electron chi connectivity index (χ0n) is 23.7. The van der Waals surface area contributed by atoms with Crippen LogP contribution >= 0.6 is 9.65 Å².